The van der Waals surface area contributed by atoms with Gasteiger partial charge in [-0.15, -0.1) is 0 Å². The Morgan fingerprint density at radius 3 is 2.58 bits per heavy atom. The van der Waals surface area contributed by atoms with Gasteiger partial charge in [-0.1, -0.05) is 41.4 Å². The van der Waals surface area contributed by atoms with Crippen LogP contribution in [0.25, 0.3) is 11.0 Å². The number of benzene rings is 2. The van der Waals surface area contributed by atoms with Crippen LogP contribution in [0.15, 0.2) is 52.9 Å². The van der Waals surface area contributed by atoms with E-state index in [2.05, 4.69) is 5.32 Å². The molecule has 0 atom stereocenters. The molecule has 1 aromatic heterocycles. The summed E-state index contributed by atoms with van der Waals surface area (Å²) in [5, 5.41) is 5.45. The minimum atomic E-state index is 0.538. The van der Waals surface area contributed by atoms with Crippen molar-refractivity contribution in [3.63, 3.8) is 0 Å². The van der Waals surface area contributed by atoms with Crippen molar-refractivity contribution < 1.29 is 4.42 Å². The third-order valence-electron chi connectivity index (χ3n) is 2.86. The Morgan fingerprint density at radius 1 is 0.947 bits per heavy atom. The van der Waals surface area contributed by atoms with Gasteiger partial charge in [0.2, 0.25) is 0 Å². The number of fused-ring (bicyclic) bond motifs is 1. The van der Waals surface area contributed by atoms with E-state index in [1.54, 1.807) is 12.1 Å². The molecule has 0 aliphatic heterocycles. The first kappa shape index (κ1) is 12.4. The molecule has 0 spiro atoms. The molecule has 0 fully saturated rings. The zero-order valence-electron chi connectivity index (χ0n) is 9.99. The first-order chi connectivity index (χ1) is 9.22. The second-order valence-corrected chi connectivity index (χ2v) is 5.05. The van der Waals surface area contributed by atoms with Crippen LogP contribution in [-0.2, 0) is 6.54 Å². The normalized spacial score (nSPS) is 10.8. The van der Waals surface area contributed by atoms with Crippen molar-refractivity contribution >= 4 is 39.9 Å². The third kappa shape index (κ3) is 2.70. The number of halogens is 2. The number of rotatable bonds is 3. The molecule has 19 heavy (non-hydrogen) atoms. The highest BCUT2D eigenvalue weighted by Gasteiger charge is 2.04. The largest absolute Gasteiger partial charge is 0.459 e. The molecule has 0 saturated heterocycles. The zero-order chi connectivity index (χ0) is 13.2. The molecule has 0 radical (unpaired) electrons. The Kier molecular flexibility index (Phi) is 3.36. The summed E-state index contributed by atoms with van der Waals surface area (Å²) in [5.74, 6) is 0.882. The SMILES string of the molecule is Clc1ccc(NCc2cc3ccccc3o2)cc1Cl. The molecule has 0 unspecified atom stereocenters. The van der Waals surface area contributed by atoms with E-state index >= 15 is 0 Å². The van der Waals surface area contributed by atoms with Gasteiger partial charge < -0.3 is 9.73 Å². The summed E-state index contributed by atoms with van der Waals surface area (Å²) in [7, 11) is 0. The number of hydrogen-bond acceptors (Lipinski definition) is 2. The minimum absolute atomic E-state index is 0.538. The lowest BCUT2D eigenvalue weighted by Crippen LogP contribution is -1.97. The van der Waals surface area contributed by atoms with Gasteiger partial charge in [0.05, 0.1) is 16.6 Å². The molecule has 2 aromatic carbocycles. The van der Waals surface area contributed by atoms with Crippen molar-refractivity contribution in [3.05, 3.63) is 64.3 Å². The first-order valence-corrected chi connectivity index (χ1v) is 6.64. The van der Waals surface area contributed by atoms with E-state index in [9.17, 15) is 0 Å². The second-order valence-electron chi connectivity index (χ2n) is 4.23. The summed E-state index contributed by atoms with van der Waals surface area (Å²) in [6.45, 7) is 0.604. The molecule has 1 N–H and O–H groups in total. The second kappa shape index (κ2) is 5.16. The molecule has 0 saturated carbocycles. The standard InChI is InChI=1S/C15H11Cl2NO/c16-13-6-5-11(8-14(13)17)18-9-12-7-10-3-1-2-4-15(10)19-12/h1-8,18H,9H2. The highest BCUT2D eigenvalue weighted by Crippen LogP contribution is 2.26. The van der Waals surface area contributed by atoms with Crippen molar-refractivity contribution in [2.24, 2.45) is 0 Å². The average molecular weight is 292 g/mol. The Labute approximate surface area is 120 Å². The van der Waals surface area contributed by atoms with E-state index in [0.29, 0.717) is 16.6 Å². The maximum atomic E-state index is 5.96. The van der Waals surface area contributed by atoms with E-state index in [1.165, 1.54) is 0 Å². The third-order valence-corrected chi connectivity index (χ3v) is 3.60. The molecule has 3 aromatic rings. The van der Waals surface area contributed by atoms with E-state index in [-0.39, 0.29) is 0 Å². The van der Waals surface area contributed by atoms with Gasteiger partial charge in [-0.25, -0.2) is 0 Å². The first-order valence-electron chi connectivity index (χ1n) is 5.89. The lowest BCUT2D eigenvalue weighted by Gasteiger charge is -2.05. The molecule has 0 bridgehead atoms. The molecule has 0 aliphatic carbocycles. The van der Waals surface area contributed by atoms with Crippen molar-refractivity contribution in [1.82, 2.24) is 0 Å². The van der Waals surface area contributed by atoms with Crippen molar-refractivity contribution in [1.29, 1.82) is 0 Å². The lowest BCUT2D eigenvalue weighted by atomic mass is 10.2. The summed E-state index contributed by atoms with van der Waals surface area (Å²) in [5.41, 5.74) is 1.81. The van der Waals surface area contributed by atoms with Gasteiger partial charge in [0.1, 0.15) is 11.3 Å². The van der Waals surface area contributed by atoms with E-state index < -0.39 is 0 Å². The van der Waals surface area contributed by atoms with Crippen molar-refractivity contribution in [2.45, 2.75) is 6.54 Å². The van der Waals surface area contributed by atoms with Crippen LogP contribution < -0.4 is 5.32 Å². The van der Waals surface area contributed by atoms with Crippen LogP contribution in [0, 0.1) is 0 Å². The Balaban J connectivity index is 1.76. The van der Waals surface area contributed by atoms with Crippen LogP contribution in [0.5, 0.6) is 0 Å². The van der Waals surface area contributed by atoms with Crippen LogP contribution in [0.1, 0.15) is 5.76 Å². The topological polar surface area (TPSA) is 25.2 Å². The van der Waals surface area contributed by atoms with Crippen LogP contribution in [-0.4, -0.2) is 0 Å². The van der Waals surface area contributed by atoms with Gasteiger partial charge in [-0.05, 0) is 30.3 Å². The van der Waals surface area contributed by atoms with Gasteiger partial charge in [-0.3, -0.25) is 0 Å². The molecule has 3 rings (SSSR count). The minimum Gasteiger partial charge on any atom is -0.459 e. The summed E-state index contributed by atoms with van der Waals surface area (Å²) in [4.78, 5) is 0. The molecule has 0 aliphatic rings. The fraction of sp³-hybridized carbons (Fsp3) is 0.0667. The molecule has 0 amide bonds. The molecule has 4 heteroatoms. The van der Waals surface area contributed by atoms with Gasteiger partial charge in [0.25, 0.3) is 0 Å². The number of furan rings is 1. The predicted octanol–water partition coefficient (Wildman–Crippen LogP) is 5.35. The average Bonchev–Trinajstić information content (AvgIpc) is 2.83. The van der Waals surface area contributed by atoms with Crippen molar-refractivity contribution in [3.8, 4) is 0 Å². The fourth-order valence-corrected chi connectivity index (χ4v) is 2.22. The molecule has 2 nitrogen and oxygen atoms in total. The van der Waals surface area contributed by atoms with Crippen LogP contribution in [0.2, 0.25) is 10.0 Å². The van der Waals surface area contributed by atoms with Gasteiger partial charge in [0.15, 0.2) is 0 Å². The van der Waals surface area contributed by atoms with Crippen LogP contribution >= 0.6 is 23.2 Å². The Bertz CT molecular complexity index is 688. The highest BCUT2D eigenvalue weighted by molar-refractivity contribution is 6.42. The predicted molar refractivity (Wildman–Crippen MR) is 80.0 cm³/mol. The van der Waals surface area contributed by atoms with E-state index in [4.69, 9.17) is 27.6 Å². The molecule has 1 heterocycles. The maximum absolute atomic E-state index is 5.96. The monoisotopic (exact) mass is 291 g/mol. The lowest BCUT2D eigenvalue weighted by molar-refractivity contribution is 0.559. The number of para-hydroxylation sites is 1. The maximum Gasteiger partial charge on any atom is 0.134 e. The zero-order valence-corrected chi connectivity index (χ0v) is 11.5. The van der Waals surface area contributed by atoms with E-state index in [0.717, 1.165) is 22.4 Å². The van der Waals surface area contributed by atoms with Gasteiger partial charge >= 0.3 is 0 Å². The van der Waals surface area contributed by atoms with Crippen LogP contribution in [0.4, 0.5) is 5.69 Å². The molecule has 96 valence electrons. The molecular formula is C15H11Cl2NO. The Morgan fingerprint density at radius 2 is 1.79 bits per heavy atom. The Hall–Kier alpha value is -1.64. The summed E-state index contributed by atoms with van der Waals surface area (Å²) in [6.07, 6.45) is 0. The summed E-state index contributed by atoms with van der Waals surface area (Å²) >= 11 is 11.8. The molecular weight excluding hydrogens is 281 g/mol. The number of nitrogens with one attached hydrogen (secondary N) is 1. The number of anilines is 1. The fourth-order valence-electron chi connectivity index (χ4n) is 1.92. The quantitative estimate of drug-likeness (QED) is 0.703. The summed E-state index contributed by atoms with van der Waals surface area (Å²) < 4.78 is 5.72. The highest BCUT2D eigenvalue weighted by atomic mass is 35.5. The van der Waals surface area contributed by atoms with E-state index in [1.807, 2.05) is 36.4 Å². The van der Waals surface area contributed by atoms with Gasteiger partial charge in [-0.2, -0.15) is 0 Å². The van der Waals surface area contributed by atoms with Crippen molar-refractivity contribution in [2.75, 3.05) is 5.32 Å². The van der Waals surface area contributed by atoms with Crippen LogP contribution in [0.3, 0.4) is 0 Å². The smallest absolute Gasteiger partial charge is 0.134 e. The summed E-state index contributed by atoms with van der Waals surface area (Å²) in [6, 6.07) is 15.4. The van der Waals surface area contributed by atoms with Gasteiger partial charge in [0, 0.05) is 11.1 Å². The number of hydrogen-bond donors (Lipinski definition) is 1.